The molecule has 1 aromatic heterocycles. The van der Waals surface area contributed by atoms with Gasteiger partial charge in [0, 0.05) is 12.1 Å². The highest BCUT2D eigenvalue weighted by Crippen LogP contribution is 1.91. The smallest absolute Gasteiger partial charge is 0.313 e. The molecular formula is C8H11N2O4S+. The first-order valence-electron chi connectivity index (χ1n) is 4.13. The van der Waals surface area contributed by atoms with Crippen LogP contribution in [0.5, 0.6) is 0 Å². The molecule has 0 spiro atoms. The number of aryl methyl sites for hydroxylation is 1. The Labute approximate surface area is 87.1 Å². The van der Waals surface area contributed by atoms with Gasteiger partial charge in [-0.15, -0.1) is 0 Å². The van der Waals surface area contributed by atoms with Crippen LogP contribution in [0, 0.1) is 0 Å². The van der Waals surface area contributed by atoms with E-state index in [2.05, 4.69) is 0 Å². The molecule has 0 radical (unpaired) electrons. The summed E-state index contributed by atoms with van der Waals surface area (Å²) in [6.07, 6.45) is 1.52. The van der Waals surface area contributed by atoms with Gasteiger partial charge in [-0.25, -0.2) is 0 Å². The lowest BCUT2D eigenvalue weighted by atomic mass is 10.3. The van der Waals surface area contributed by atoms with E-state index in [0.29, 0.717) is 0 Å². The van der Waals surface area contributed by atoms with E-state index in [4.69, 9.17) is 10.3 Å². The van der Waals surface area contributed by atoms with E-state index >= 15 is 0 Å². The van der Waals surface area contributed by atoms with Crippen LogP contribution in [-0.2, 0) is 16.7 Å². The summed E-state index contributed by atoms with van der Waals surface area (Å²) in [5.74, 6) is -1.10. The second-order valence-corrected chi connectivity index (χ2v) is 4.50. The molecule has 0 aliphatic carbocycles. The normalized spacial score (nSPS) is 11.3. The molecule has 0 unspecified atom stereocenters. The lowest BCUT2D eigenvalue weighted by molar-refractivity contribution is -0.694. The summed E-state index contributed by atoms with van der Waals surface area (Å²) >= 11 is 0. The molecule has 0 saturated carbocycles. The molecule has 0 aliphatic heterocycles. The van der Waals surface area contributed by atoms with Crippen LogP contribution in [-0.4, -0.2) is 24.6 Å². The van der Waals surface area contributed by atoms with E-state index < -0.39 is 21.8 Å². The number of nitrogens with two attached hydrogens (primary N) is 1. The SMILES string of the molecule is NC(=O)c1cccc[n+]1CCS(=O)(=O)O. The molecule has 1 amide bonds. The molecule has 0 aliphatic rings. The largest absolute Gasteiger partial charge is 0.360 e. The molecular weight excluding hydrogens is 220 g/mol. The maximum Gasteiger partial charge on any atom is 0.313 e. The zero-order valence-electron chi connectivity index (χ0n) is 7.83. The topological polar surface area (TPSA) is 101 Å². The zero-order valence-corrected chi connectivity index (χ0v) is 8.64. The molecule has 0 fully saturated rings. The predicted molar refractivity (Wildman–Crippen MR) is 51.6 cm³/mol. The molecule has 0 bridgehead atoms. The van der Waals surface area contributed by atoms with Gasteiger partial charge in [-0.2, -0.15) is 13.0 Å². The molecule has 15 heavy (non-hydrogen) atoms. The quantitative estimate of drug-likeness (QED) is 0.510. The van der Waals surface area contributed by atoms with E-state index in [-0.39, 0.29) is 12.2 Å². The van der Waals surface area contributed by atoms with Gasteiger partial charge in [0.1, 0.15) is 5.75 Å². The van der Waals surface area contributed by atoms with E-state index in [1.54, 1.807) is 12.1 Å². The monoisotopic (exact) mass is 231 g/mol. The Hall–Kier alpha value is -1.47. The van der Waals surface area contributed by atoms with Gasteiger partial charge in [0.15, 0.2) is 12.7 Å². The number of amides is 1. The summed E-state index contributed by atoms with van der Waals surface area (Å²) in [6, 6.07) is 4.73. The average molecular weight is 231 g/mol. The molecule has 0 aromatic carbocycles. The molecule has 1 heterocycles. The van der Waals surface area contributed by atoms with Crippen molar-refractivity contribution in [3.8, 4) is 0 Å². The highest BCUT2D eigenvalue weighted by Gasteiger charge is 2.17. The van der Waals surface area contributed by atoms with Crippen LogP contribution in [0.25, 0.3) is 0 Å². The van der Waals surface area contributed by atoms with Crippen molar-refractivity contribution in [3.63, 3.8) is 0 Å². The highest BCUT2D eigenvalue weighted by atomic mass is 32.2. The maximum absolute atomic E-state index is 10.9. The summed E-state index contributed by atoms with van der Waals surface area (Å²) < 4.78 is 30.9. The minimum Gasteiger partial charge on any atom is -0.360 e. The number of hydrogen-bond donors (Lipinski definition) is 2. The van der Waals surface area contributed by atoms with E-state index in [1.165, 1.54) is 16.8 Å². The maximum atomic E-state index is 10.9. The van der Waals surface area contributed by atoms with Crippen LogP contribution < -0.4 is 10.3 Å². The van der Waals surface area contributed by atoms with Crippen molar-refractivity contribution < 1.29 is 22.3 Å². The summed E-state index contributed by atoms with van der Waals surface area (Å²) in [5.41, 5.74) is 5.28. The number of carbonyl (C=O) groups excluding carboxylic acids is 1. The van der Waals surface area contributed by atoms with Crippen molar-refractivity contribution >= 4 is 16.0 Å². The lowest BCUT2D eigenvalue weighted by Gasteiger charge is -1.99. The summed E-state index contributed by atoms with van der Waals surface area (Å²) in [7, 11) is -4.04. The van der Waals surface area contributed by atoms with Gasteiger partial charge in [0.2, 0.25) is 0 Å². The number of rotatable bonds is 4. The first kappa shape index (κ1) is 11.6. The third-order valence-electron chi connectivity index (χ3n) is 1.78. The number of carbonyl (C=O) groups is 1. The molecule has 0 saturated heterocycles. The average Bonchev–Trinajstić information content (AvgIpc) is 2.14. The Morgan fingerprint density at radius 2 is 2.13 bits per heavy atom. The number of primary amides is 1. The standard InChI is InChI=1S/C8H10N2O4S/c9-8(11)7-3-1-2-4-10(7)5-6-15(12,13)14/h1-4H,5-6H2,(H2-,9,11,12,13,14)/p+1. The Kier molecular flexibility index (Phi) is 3.38. The van der Waals surface area contributed by atoms with Crippen LogP contribution >= 0.6 is 0 Å². The minimum atomic E-state index is -4.04. The van der Waals surface area contributed by atoms with Gasteiger partial charge in [-0.1, -0.05) is 0 Å². The molecule has 3 N–H and O–H groups in total. The van der Waals surface area contributed by atoms with Gasteiger partial charge in [-0.05, 0) is 6.07 Å². The van der Waals surface area contributed by atoms with Crippen molar-refractivity contribution in [2.45, 2.75) is 6.54 Å². The van der Waals surface area contributed by atoms with Crippen molar-refractivity contribution in [2.75, 3.05) is 5.75 Å². The fourth-order valence-corrected chi connectivity index (χ4v) is 1.54. The van der Waals surface area contributed by atoms with Crippen LogP contribution in [0.2, 0.25) is 0 Å². The molecule has 0 atom stereocenters. The molecule has 82 valence electrons. The van der Waals surface area contributed by atoms with Crippen LogP contribution in [0.4, 0.5) is 0 Å². The number of hydrogen-bond acceptors (Lipinski definition) is 3. The Balaban J connectivity index is 2.90. The lowest BCUT2D eigenvalue weighted by Crippen LogP contribution is -2.44. The number of pyridine rings is 1. The van der Waals surface area contributed by atoms with Gasteiger partial charge in [0.25, 0.3) is 15.8 Å². The van der Waals surface area contributed by atoms with Crippen molar-refractivity contribution in [1.29, 1.82) is 0 Å². The first-order valence-corrected chi connectivity index (χ1v) is 5.74. The van der Waals surface area contributed by atoms with Crippen LogP contribution in [0.15, 0.2) is 24.4 Å². The zero-order chi connectivity index (χ0) is 11.5. The third kappa shape index (κ3) is 3.64. The predicted octanol–water partition coefficient (Wildman–Crippen LogP) is -1.04. The fraction of sp³-hybridized carbons (Fsp3) is 0.250. The number of aromatic nitrogens is 1. The van der Waals surface area contributed by atoms with E-state index in [9.17, 15) is 13.2 Å². The van der Waals surface area contributed by atoms with E-state index in [0.717, 1.165) is 0 Å². The molecule has 7 heteroatoms. The van der Waals surface area contributed by atoms with Gasteiger partial charge in [-0.3, -0.25) is 9.35 Å². The number of nitrogens with zero attached hydrogens (tertiary/aromatic N) is 1. The van der Waals surface area contributed by atoms with E-state index in [1.807, 2.05) is 0 Å². The van der Waals surface area contributed by atoms with Crippen molar-refractivity contribution in [2.24, 2.45) is 5.73 Å². The van der Waals surface area contributed by atoms with Crippen molar-refractivity contribution in [1.82, 2.24) is 0 Å². The first-order chi connectivity index (χ1) is 6.90. The summed E-state index contributed by atoms with van der Waals surface area (Å²) in [4.78, 5) is 10.9. The van der Waals surface area contributed by atoms with Gasteiger partial charge >= 0.3 is 5.91 Å². The van der Waals surface area contributed by atoms with Crippen molar-refractivity contribution in [3.05, 3.63) is 30.1 Å². The summed E-state index contributed by atoms with van der Waals surface area (Å²) in [6.45, 7) is -0.0159. The third-order valence-corrected chi connectivity index (χ3v) is 2.48. The van der Waals surface area contributed by atoms with Gasteiger partial charge < -0.3 is 5.73 Å². The second kappa shape index (κ2) is 4.37. The van der Waals surface area contributed by atoms with Crippen LogP contribution in [0.3, 0.4) is 0 Å². The highest BCUT2D eigenvalue weighted by molar-refractivity contribution is 7.85. The molecule has 1 aromatic rings. The molecule has 1 rings (SSSR count). The Bertz CT molecular complexity index is 469. The summed E-state index contributed by atoms with van der Waals surface area (Å²) in [5, 5.41) is 0. The minimum absolute atomic E-state index is 0.0159. The second-order valence-electron chi connectivity index (χ2n) is 2.93. The van der Waals surface area contributed by atoms with Crippen LogP contribution in [0.1, 0.15) is 10.5 Å². The Morgan fingerprint density at radius 1 is 1.47 bits per heavy atom. The fourth-order valence-electron chi connectivity index (χ4n) is 1.11. The molecule has 6 nitrogen and oxygen atoms in total. The Morgan fingerprint density at radius 3 is 2.67 bits per heavy atom. The van der Waals surface area contributed by atoms with Gasteiger partial charge in [0.05, 0.1) is 0 Å².